The number of amides is 1. The summed E-state index contributed by atoms with van der Waals surface area (Å²) in [6.07, 6.45) is 4.19. The maximum atomic E-state index is 12.4. The smallest absolute Gasteiger partial charge is 0.239 e. The van der Waals surface area contributed by atoms with Crippen LogP contribution in [0.25, 0.3) is 0 Å². The van der Waals surface area contributed by atoms with Crippen molar-refractivity contribution in [2.24, 2.45) is 0 Å². The van der Waals surface area contributed by atoms with Gasteiger partial charge in [-0.3, -0.25) is 4.79 Å². The van der Waals surface area contributed by atoms with Crippen LogP contribution in [0, 0.1) is 0 Å². The van der Waals surface area contributed by atoms with Crippen LogP contribution < -0.4 is 5.32 Å². The number of hydrogen-bond acceptors (Lipinski definition) is 2. The highest BCUT2D eigenvalue weighted by molar-refractivity contribution is 5.82. The summed E-state index contributed by atoms with van der Waals surface area (Å²) in [6, 6.07) is 10.9. The van der Waals surface area contributed by atoms with Crippen molar-refractivity contribution < 1.29 is 4.79 Å². The maximum absolute atomic E-state index is 12.4. The predicted molar refractivity (Wildman–Crippen MR) is 82.6 cm³/mol. The molecule has 1 unspecified atom stereocenters. The summed E-state index contributed by atoms with van der Waals surface area (Å²) < 4.78 is 0. The Morgan fingerprint density at radius 1 is 1.30 bits per heavy atom. The third-order valence-corrected chi connectivity index (χ3v) is 3.80. The zero-order chi connectivity index (χ0) is 14.4. The molecule has 1 aliphatic heterocycles. The van der Waals surface area contributed by atoms with Crippen LogP contribution in [0.15, 0.2) is 30.3 Å². The minimum atomic E-state index is 0.0282. The molecule has 0 spiro atoms. The molecule has 3 nitrogen and oxygen atoms in total. The summed E-state index contributed by atoms with van der Waals surface area (Å²) in [5.74, 6) is 0.290. The number of aryl methyl sites for hydroxylation is 1. The SMILES string of the molecule is CC(C)NC1CCCN(CCCc2ccccc2)C1=O. The Hall–Kier alpha value is -1.35. The Balaban J connectivity index is 1.78. The van der Waals surface area contributed by atoms with Crippen molar-refractivity contribution >= 4 is 5.91 Å². The predicted octanol–water partition coefficient (Wildman–Crippen LogP) is 2.61. The molecule has 1 saturated heterocycles. The van der Waals surface area contributed by atoms with Crippen molar-refractivity contribution in [3.05, 3.63) is 35.9 Å². The topological polar surface area (TPSA) is 32.3 Å². The number of carbonyl (C=O) groups is 1. The average Bonchev–Trinajstić information content (AvgIpc) is 2.43. The minimum Gasteiger partial charge on any atom is -0.341 e. The molecule has 0 bridgehead atoms. The molecule has 1 amide bonds. The molecule has 0 aromatic heterocycles. The summed E-state index contributed by atoms with van der Waals surface area (Å²) in [6.45, 7) is 6.00. The Labute approximate surface area is 122 Å². The van der Waals surface area contributed by atoms with Crippen molar-refractivity contribution in [1.29, 1.82) is 0 Å². The molecule has 0 aliphatic carbocycles. The monoisotopic (exact) mass is 274 g/mol. The number of benzene rings is 1. The summed E-state index contributed by atoms with van der Waals surface area (Å²) in [5.41, 5.74) is 1.36. The van der Waals surface area contributed by atoms with E-state index in [4.69, 9.17) is 0 Å². The zero-order valence-corrected chi connectivity index (χ0v) is 12.6. The number of likely N-dealkylation sites (tertiary alicyclic amines) is 1. The number of piperidine rings is 1. The number of hydrogen-bond donors (Lipinski definition) is 1. The molecular formula is C17H26N2O. The van der Waals surface area contributed by atoms with E-state index >= 15 is 0 Å². The van der Waals surface area contributed by atoms with Gasteiger partial charge in [0, 0.05) is 19.1 Å². The van der Waals surface area contributed by atoms with E-state index in [1.807, 2.05) is 11.0 Å². The normalized spacial score (nSPS) is 19.6. The molecule has 110 valence electrons. The highest BCUT2D eigenvalue weighted by Crippen LogP contribution is 2.13. The van der Waals surface area contributed by atoms with Gasteiger partial charge in [-0.1, -0.05) is 44.2 Å². The van der Waals surface area contributed by atoms with E-state index in [9.17, 15) is 4.79 Å². The van der Waals surface area contributed by atoms with Crippen LogP contribution in [0.3, 0.4) is 0 Å². The van der Waals surface area contributed by atoms with Crippen molar-refractivity contribution in [3.8, 4) is 0 Å². The largest absolute Gasteiger partial charge is 0.341 e. The number of carbonyl (C=O) groups excluding carboxylic acids is 1. The quantitative estimate of drug-likeness (QED) is 0.865. The van der Waals surface area contributed by atoms with E-state index in [1.54, 1.807) is 0 Å². The fraction of sp³-hybridized carbons (Fsp3) is 0.588. The third kappa shape index (κ3) is 4.34. The summed E-state index contributed by atoms with van der Waals surface area (Å²) >= 11 is 0. The van der Waals surface area contributed by atoms with Crippen LogP contribution in [0.5, 0.6) is 0 Å². The molecule has 20 heavy (non-hydrogen) atoms. The van der Waals surface area contributed by atoms with Gasteiger partial charge in [-0.15, -0.1) is 0 Å². The standard InChI is InChI=1S/C17H26N2O/c1-14(2)18-16-11-7-13-19(17(16)20)12-6-10-15-8-4-3-5-9-15/h3-5,8-9,14,16,18H,6-7,10-13H2,1-2H3. The first-order chi connectivity index (χ1) is 9.66. The Kier molecular flexibility index (Phi) is 5.60. The van der Waals surface area contributed by atoms with Crippen molar-refractivity contribution in [2.45, 2.75) is 51.6 Å². The molecule has 0 saturated carbocycles. The number of nitrogens with one attached hydrogen (secondary N) is 1. The van der Waals surface area contributed by atoms with Gasteiger partial charge in [-0.05, 0) is 31.2 Å². The van der Waals surface area contributed by atoms with Crippen LogP contribution in [0.4, 0.5) is 0 Å². The summed E-state index contributed by atoms with van der Waals surface area (Å²) in [5, 5.41) is 3.38. The van der Waals surface area contributed by atoms with Gasteiger partial charge in [0.2, 0.25) is 5.91 Å². The summed E-state index contributed by atoms with van der Waals surface area (Å²) in [4.78, 5) is 14.4. The zero-order valence-electron chi connectivity index (χ0n) is 12.6. The van der Waals surface area contributed by atoms with Gasteiger partial charge in [-0.25, -0.2) is 0 Å². The molecule has 1 heterocycles. The van der Waals surface area contributed by atoms with E-state index < -0.39 is 0 Å². The lowest BCUT2D eigenvalue weighted by atomic mass is 10.0. The van der Waals surface area contributed by atoms with Gasteiger partial charge in [-0.2, -0.15) is 0 Å². The second kappa shape index (κ2) is 7.44. The van der Waals surface area contributed by atoms with Crippen molar-refractivity contribution in [1.82, 2.24) is 10.2 Å². The molecular weight excluding hydrogens is 248 g/mol. The van der Waals surface area contributed by atoms with Gasteiger partial charge >= 0.3 is 0 Å². The lowest BCUT2D eigenvalue weighted by Gasteiger charge is -2.33. The van der Waals surface area contributed by atoms with Gasteiger partial charge in [0.15, 0.2) is 0 Å². The van der Waals surface area contributed by atoms with Crippen molar-refractivity contribution in [2.75, 3.05) is 13.1 Å². The first-order valence-electron chi connectivity index (χ1n) is 7.75. The number of nitrogens with zero attached hydrogens (tertiary/aromatic N) is 1. The highest BCUT2D eigenvalue weighted by atomic mass is 16.2. The molecule has 1 aromatic rings. The van der Waals surface area contributed by atoms with Crippen LogP contribution in [0.2, 0.25) is 0 Å². The Bertz CT molecular complexity index is 416. The first-order valence-corrected chi connectivity index (χ1v) is 7.75. The highest BCUT2D eigenvalue weighted by Gasteiger charge is 2.28. The van der Waals surface area contributed by atoms with Crippen LogP contribution in [-0.4, -0.2) is 36.0 Å². The van der Waals surface area contributed by atoms with E-state index in [1.165, 1.54) is 5.56 Å². The van der Waals surface area contributed by atoms with Crippen LogP contribution in [-0.2, 0) is 11.2 Å². The van der Waals surface area contributed by atoms with Gasteiger partial charge in [0.25, 0.3) is 0 Å². The maximum Gasteiger partial charge on any atom is 0.239 e. The molecule has 1 aliphatic rings. The van der Waals surface area contributed by atoms with E-state index in [-0.39, 0.29) is 11.9 Å². The van der Waals surface area contributed by atoms with E-state index in [0.717, 1.165) is 38.8 Å². The first kappa shape index (κ1) is 15.0. The molecule has 1 fully saturated rings. The lowest BCUT2D eigenvalue weighted by Crippen LogP contribution is -2.52. The molecule has 2 rings (SSSR count). The second-order valence-electron chi connectivity index (χ2n) is 5.93. The molecule has 1 N–H and O–H groups in total. The van der Waals surface area contributed by atoms with Crippen molar-refractivity contribution in [3.63, 3.8) is 0 Å². The van der Waals surface area contributed by atoms with Gasteiger partial charge in [0.1, 0.15) is 0 Å². The van der Waals surface area contributed by atoms with Gasteiger partial charge in [0.05, 0.1) is 6.04 Å². The molecule has 3 heteroatoms. The van der Waals surface area contributed by atoms with Crippen LogP contribution >= 0.6 is 0 Å². The summed E-state index contributed by atoms with van der Waals surface area (Å²) in [7, 11) is 0. The fourth-order valence-corrected chi connectivity index (χ4v) is 2.84. The van der Waals surface area contributed by atoms with Gasteiger partial charge < -0.3 is 10.2 Å². The lowest BCUT2D eigenvalue weighted by molar-refractivity contribution is -0.136. The number of rotatable bonds is 6. The third-order valence-electron chi connectivity index (χ3n) is 3.80. The Morgan fingerprint density at radius 2 is 2.05 bits per heavy atom. The molecule has 0 radical (unpaired) electrons. The fourth-order valence-electron chi connectivity index (χ4n) is 2.84. The second-order valence-corrected chi connectivity index (χ2v) is 5.93. The molecule has 1 atom stereocenters. The average molecular weight is 274 g/mol. The minimum absolute atomic E-state index is 0.0282. The van der Waals surface area contributed by atoms with E-state index in [0.29, 0.717) is 6.04 Å². The molecule has 1 aromatic carbocycles. The van der Waals surface area contributed by atoms with E-state index in [2.05, 4.69) is 43.4 Å². The Morgan fingerprint density at radius 3 is 2.75 bits per heavy atom. The van der Waals surface area contributed by atoms with Crippen LogP contribution in [0.1, 0.15) is 38.7 Å².